The Kier molecular flexibility index (Phi) is 7.32. The van der Waals surface area contributed by atoms with Crippen LogP contribution in [0.1, 0.15) is 21.0 Å². The number of carbonyl (C=O) groups excluding carboxylic acids is 2. The van der Waals surface area contributed by atoms with Crippen LogP contribution in [-0.4, -0.2) is 44.8 Å². The van der Waals surface area contributed by atoms with Crippen molar-refractivity contribution in [2.45, 2.75) is 0 Å². The van der Waals surface area contributed by atoms with Crippen molar-refractivity contribution in [2.24, 2.45) is 0 Å². The summed E-state index contributed by atoms with van der Waals surface area (Å²) >= 11 is 0. The van der Waals surface area contributed by atoms with Gasteiger partial charge in [-0.05, 0) is 36.4 Å². The molecule has 2 heterocycles. The number of para-hydroxylation sites is 2. The number of hydrogen-bond donors (Lipinski definition) is 4. The van der Waals surface area contributed by atoms with Crippen LogP contribution in [0.3, 0.4) is 0 Å². The maximum atomic E-state index is 12.4. The summed E-state index contributed by atoms with van der Waals surface area (Å²) in [6.07, 6.45) is 3.01. The molecule has 2 amide bonds. The number of amides is 2. The fourth-order valence-corrected chi connectivity index (χ4v) is 2.93. The number of benzene rings is 2. The Morgan fingerprint density at radius 3 is 1.41 bits per heavy atom. The van der Waals surface area contributed by atoms with Gasteiger partial charge in [0.2, 0.25) is 11.9 Å². The van der Waals surface area contributed by atoms with Gasteiger partial charge in [-0.2, -0.15) is 0 Å². The van der Waals surface area contributed by atoms with Gasteiger partial charge >= 0.3 is 0 Å². The fraction of sp³-hybridized carbons (Fsp3) is 0.0833. The summed E-state index contributed by atoms with van der Waals surface area (Å²) < 4.78 is 0. The number of carbonyl (C=O) groups is 2. The highest BCUT2D eigenvalue weighted by atomic mass is 16.2. The molecule has 0 spiro atoms. The maximum absolute atomic E-state index is 12.4. The molecule has 170 valence electrons. The molecule has 4 aromatic rings. The molecule has 10 nitrogen and oxygen atoms in total. The van der Waals surface area contributed by atoms with Crippen LogP contribution in [0.5, 0.6) is 0 Å². The summed E-state index contributed by atoms with van der Waals surface area (Å²) in [6.45, 7) is 0.437. The smallest absolute Gasteiger partial charge is 0.270 e. The molecular weight excluding hydrogens is 432 g/mol. The first kappa shape index (κ1) is 22.3. The molecule has 34 heavy (non-hydrogen) atoms. The lowest BCUT2D eigenvalue weighted by Crippen LogP contribution is -2.35. The molecule has 2 aromatic carbocycles. The molecule has 0 bridgehead atoms. The minimum Gasteiger partial charge on any atom is -0.349 e. The van der Waals surface area contributed by atoms with Crippen molar-refractivity contribution in [3.05, 3.63) is 96.6 Å². The van der Waals surface area contributed by atoms with E-state index >= 15 is 0 Å². The molecule has 0 aliphatic rings. The van der Waals surface area contributed by atoms with E-state index in [0.717, 1.165) is 11.4 Å². The third-order valence-electron chi connectivity index (χ3n) is 4.53. The molecule has 0 unspecified atom stereocenters. The summed E-state index contributed by atoms with van der Waals surface area (Å²) in [5.41, 5.74) is 2.06. The highest BCUT2D eigenvalue weighted by Gasteiger charge is 2.11. The SMILES string of the molecule is O=C(NCCNC(=O)c1ccnc(Nc2ccccc2)n1)c1ccnc(Nc2ccccc2)n1. The highest BCUT2D eigenvalue weighted by Crippen LogP contribution is 2.12. The average molecular weight is 454 g/mol. The lowest BCUT2D eigenvalue weighted by atomic mass is 10.3. The second-order valence-electron chi connectivity index (χ2n) is 7.02. The van der Waals surface area contributed by atoms with Gasteiger partial charge in [-0.1, -0.05) is 36.4 Å². The van der Waals surface area contributed by atoms with Crippen LogP contribution in [0.25, 0.3) is 0 Å². The van der Waals surface area contributed by atoms with Crippen molar-refractivity contribution in [3.63, 3.8) is 0 Å². The molecule has 0 fully saturated rings. The number of nitrogens with one attached hydrogen (secondary N) is 4. The minimum atomic E-state index is -0.371. The Morgan fingerprint density at radius 1 is 0.588 bits per heavy atom. The number of rotatable bonds is 9. The molecule has 0 saturated carbocycles. The summed E-state index contributed by atoms with van der Waals surface area (Å²) in [5.74, 6) is -0.111. The zero-order valence-corrected chi connectivity index (χ0v) is 18.1. The standard InChI is InChI=1S/C24H22N8O2/c33-21(19-11-13-27-23(31-19)29-17-7-3-1-4-8-17)25-15-16-26-22(34)20-12-14-28-24(32-20)30-18-9-5-2-6-10-18/h1-14H,15-16H2,(H,25,33)(H,26,34)(H,27,29,31)(H,28,30,32). The van der Waals surface area contributed by atoms with E-state index in [9.17, 15) is 9.59 Å². The van der Waals surface area contributed by atoms with Crippen molar-refractivity contribution < 1.29 is 9.59 Å². The summed E-state index contributed by atoms with van der Waals surface area (Å²) in [6, 6.07) is 21.9. The average Bonchev–Trinajstić information content (AvgIpc) is 2.88. The van der Waals surface area contributed by atoms with Crippen molar-refractivity contribution in [1.82, 2.24) is 30.6 Å². The fourth-order valence-electron chi connectivity index (χ4n) is 2.93. The predicted octanol–water partition coefficient (Wildman–Crippen LogP) is 2.91. The summed E-state index contributed by atoms with van der Waals surface area (Å²) in [5, 5.41) is 11.5. The van der Waals surface area contributed by atoms with Gasteiger partial charge in [0.1, 0.15) is 11.4 Å². The summed E-state index contributed by atoms with van der Waals surface area (Å²) in [4.78, 5) is 41.5. The molecule has 0 radical (unpaired) electrons. The van der Waals surface area contributed by atoms with E-state index in [4.69, 9.17) is 0 Å². The van der Waals surface area contributed by atoms with Gasteiger partial charge < -0.3 is 21.3 Å². The van der Waals surface area contributed by atoms with E-state index < -0.39 is 0 Å². The first-order valence-electron chi connectivity index (χ1n) is 10.5. The first-order valence-corrected chi connectivity index (χ1v) is 10.5. The van der Waals surface area contributed by atoms with E-state index in [1.54, 1.807) is 0 Å². The molecule has 4 N–H and O–H groups in total. The second kappa shape index (κ2) is 11.1. The van der Waals surface area contributed by atoms with E-state index in [1.807, 2.05) is 60.7 Å². The quantitative estimate of drug-likeness (QED) is 0.284. The van der Waals surface area contributed by atoms with Crippen LogP contribution in [0.4, 0.5) is 23.3 Å². The van der Waals surface area contributed by atoms with Crippen molar-refractivity contribution in [2.75, 3.05) is 23.7 Å². The first-order chi connectivity index (χ1) is 16.7. The van der Waals surface area contributed by atoms with Crippen LogP contribution in [0.15, 0.2) is 85.2 Å². The molecular formula is C24H22N8O2. The van der Waals surface area contributed by atoms with Gasteiger partial charge in [0.15, 0.2) is 0 Å². The van der Waals surface area contributed by atoms with Crippen molar-refractivity contribution in [1.29, 1.82) is 0 Å². The topological polar surface area (TPSA) is 134 Å². The van der Waals surface area contributed by atoms with Crippen LogP contribution in [0, 0.1) is 0 Å². The van der Waals surface area contributed by atoms with Gasteiger partial charge in [0.05, 0.1) is 0 Å². The van der Waals surface area contributed by atoms with E-state index in [2.05, 4.69) is 41.2 Å². The Balaban J connectivity index is 1.25. The second-order valence-corrected chi connectivity index (χ2v) is 7.02. The Labute approximate surface area is 195 Å². The van der Waals surface area contributed by atoms with Gasteiger partial charge in [0.25, 0.3) is 11.8 Å². The lowest BCUT2D eigenvalue weighted by molar-refractivity contribution is 0.0923. The Bertz CT molecular complexity index is 1150. The molecule has 4 rings (SSSR count). The third kappa shape index (κ3) is 6.33. The number of aromatic nitrogens is 4. The Hall–Kier alpha value is -4.86. The molecule has 10 heteroatoms. The Morgan fingerprint density at radius 2 is 1.00 bits per heavy atom. The maximum Gasteiger partial charge on any atom is 0.270 e. The zero-order valence-electron chi connectivity index (χ0n) is 18.1. The van der Waals surface area contributed by atoms with Crippen LogP contribution >= 0.6 is 0 Å². The normalized spacial score (nSPS) is 10.2. The van der Waals surface area contributed by atoms with Gasteiger partial charge in [-0.3, -0.25) is 9.59 Å². The van der Waals surface area contributed by atoms with Gasteiger partial charge in [-0.15, -0.1) is 0 Å². The predicted molar refractivity (Wildman–Crippen MR) is 128 cm³/mol. The van der Waals surface area contributed by atoms with E-state index in [0.29, 0.717) is 11.9 Å². The van der Waals surface area contributed by atoms with Crippen LogP contribution in [0.2, 0.25) is 0 Å². The largest absolute Gasteiger partial charge is 0.349 e. The highest BCUT2D eigenvalue weighted by molar-refractivity contribution is 5.93. The van der Waals surface area contributed by atoms with Gasteiger partial charge in [0, 0.05) is 36.9 Å². The summed E-state index contributed by atoms with van der Waals surface area (Å²) in [7, 11) is 0. The molecule has 0 aliphatic carbocycles. The van der Waals surface area contributed by atoms with Crippen LogP contribution in [-0.2, 0) is 0 Å². The molecule has 0 atom stereocenters. The third-order valence-corrected chi connectivity index (χ3v) is 4.53. The molecule has 0 aliphatic heterocycles. The monoisotopic (exact) mass is 454 g/mol. The van der Waals surface area contributed by atoms with E-state index in [1.165, 1.54) is 24.5 Å². The van der Waals surface area contributed by atoms with E-state index in [-0.39, 0.29) is 36.3 Å². The van der Waals surface area contributed by atoms with Crippen molar-refractivity contribution >= 4 is 35.1 Å². The van der Waals surface area contributed by atoms with Crippen LogP contribution < -0.4 is 21.3 Å². The lowest BCUT2D eigenvalue weighted by Gasteiger charge is -2.09. The van der Waals surface area contributed by atoms with Gasteiger partial charge in [-0.25, -0.2) is 19.9 Å². The number of hydrogen-bond acceptors (Lipinski definition) is 8. The number of nitrogens with zero attached hydrogens (tertiary/aromatic N) is 4. The molecule has 2 aromatic heterocycles. The zero-order chi connectivity index (χ0) is 23.6. The minimum absolute atomic E-state index is 0.215. The molecule has 0 saturated heterocycles. The van der Waals surface area contributed by atoms with Crippen molar-refractivity contribution in [3.8, 4) is 0 Å². The number of anilines is 4.